The zero-order valence-corrected chi connectivity index (χ0v) is 18.8. The number of aromatic amines is 1. The van der Waals surface area contributed by atoms with Crippen LogP contribution in [-0.4, -0.2) is 32.9 Å². The van der Waals surface area contributed by atoms with E-state index in [-0.39, 0.29) is 23.4 Å². The molecule has 3 heterocycles. The number of carbonyl (C=O) groups is 2. The second kappa shape index (κ2) is 8.22. The van der Waals surface area contributed by atoms with Crippen LogP contribution in [-0.2, 0) is 4.79 Å². The van der Waals surface area contributed by atoms with Gasteiger partial charge in [0.05, 0.1) is 33.6 Å². The maximum Gasteiger partial charge on any atom is 0.296 e. The molecule has 0 bridgehead atoms. The summed E-state index contributed by atoms with van der Waals surface area (Å²) < 4.78 is 5.73. The first-order chi connectivity index (χ1) is 15.9. The Balaban J connectivity index is 1.63. The topological polar surface area (TPSA) is 95.5 Å². The lowest BCUT2D eigenvalue weighted by Crippen LogP contribution is -2.32. The summed E-state index contributed by atoms with van der Waals surface area (Å²) in [4.78, 5) is 36.1. The van der Waals surface area contributed by atoms with Gasteiger partial charge in [-0.05, 0) is 55.1 Å². The van der Waals surface area contributed by atoms with Crippen LogP contribution in [0.2, 0.25) is 0 Å². The Morgan fingerprint density at radius 2 is 1.88 bits per heavy atom. The van der Waals surface area contributed by atoms with Gasteiger partial charge < -0.3 is 14.8 Å². The predicted octanol–water partition coefficient (Wildman–Crippen LogP) is 5.19. The summed E-state index contributed by atoms with van der Waals surface area (Å²) in [6.45, 7) is 3.87. The number of aliphatic hydroxyl groups excluding tert-OH is 1. The fourth-order valence-corrected chi connectivity index (χ4v) is 4.64. The van der Waals surface area contributed by atoms with Crippen LogP contribution in [0.15, 0.2) is 77.4 Å². The smallest absolute Gasteiger partial charge is 0.296 e. The molecule has 2 N–H and O–H groups in total. The highest BCUT2D eigenvalue weighted by molar-refractivity contribution is 7.12. The van der Waals surface area contributed by atoms with E-state index < -0.39 is 17.7 Å². The minimum Gasteiger partial charge on any atom is -0.503 e. The van der Waals surface area contributed by atoms with Crippen molar-refractivity contribution in [3.05, 3.63) is 87.8 Å². The van der Waals surface area contributed by atoms with Crippen LogP contribution < -0.4 is 9.64 Å². The van der Waals surface area contributed by atoms with E-state index in [4.69, 9.17) is 4.74 Å². The van der Waals surface area contributed by atoms with Crippen molar-refractivity contribution in [2.24, 2.45) is 0 Å². The molecule has 1 amide bonds. The van der Waals surface area contributed by atoms with Crippen LogP contribution in [0.25, 0.3) is 11.0 Å². The van der Waals surface area contributed by atoms with Crippen LogP contribution >= 0.6 is 11.3 Å². The monoisotopic (exact) mass is 459 g/mol. The van der Waals surface area contributed by atoms with E-state index >= 15 is 0 Å². The number of aromatic nitrogens is 2. The fraction of sp³-hybridized carbons (Fsp3) is 0.160. The molecule has 8 heteroatoms. The number of carbonyl (C=O) groups excluding carboxylic acids is 2. The normalized spacial score (nSPS) is 16.3. The van der Waals surface area contributed by atoms with E-state index in [1.807, 2.05) is 38.1 Å². The van der Waals surface area contributed by atoms with Gasteiger partial charge in [-0.2, -0.15) is 0 Å². The number of ketones is 1. The number of rotatable bonds is 6. The number of nitrogens with one attached hydrogen (secondary N) is 1. The van der Waals surface area contributed by atoms with E-state index in [1.165, 1.54) is 16.2 Å². The summed E-state index contributed by atoms with van der Waals surface area (Å²) in [6.07, 6.45) is 0.0101. The summed E-state index contributed by atoms with van der Waals surface area (Å²) in [5.74, 6) is -0.702. The van der Waals surface area contributed by atoms with Crippen LogP contribution in [0.4, 0.5) is 5.95 Å². The van der Waals surface area contributed by atoms with E-state index in [9.17, 15) is 14.7 Å². The number of hydrogen-bond donors (Lipinski definition) is 2. The average molecular weight is 460 g/mol. The van der Waals surface area contributed by atoms with Gasteiger partial charge in [-0.15, -0.1) is 11.3 Å². The number of thiophene rings is 1. The van der Waals surface area contributed by atoms with Gasteiger partial charge in [0, 0.05) is 0 Å². The number of fused-ring (bicyclic) bond motifs is 1. The summed E-state index contributed by atoms with van der Waals surface area (Å²) in [7, 11) is 0. The highest BCUT2D eigenvalue weighted by Crippen LogP contribution is 2.42. The van der Waals surface area contributed by atoms with E-state index in [0.717, 1.165) is 5.52 Å². The first-order valence-electron chi connectivity index (χ1n) is 10.5. The van der Waals surface area contributed by atoms with Crippen molar-refractivity contribution in [3.63, 3.8) is 0 Å². The third-order valence-electron chi connectivity index (χ3n) is 5.37. The molecule has 166 valence electrons. The Kier molecular flexibility index (Phi) is 5.22. The van der Waals surface area contributed by atoms with Crippen molar-refractivity contribution >= 4 is 40.0 Å². The third-order valence-corrected chi connectivity index (χ3v) is 6.24. The Morgan fingerprint density at radius 3 is 2.55 bits per heavy atom. The minimum atomic E-state index is -0.847. The Hall–Kier alpha value is -3.91. The molecule has 2 aromatic heterocycles. The maximum absolute atomic E-state index is 13.4. The largest absolute Gasteiger partial charge is 0.503 e. The number of benzene rings is 2. The molecule has 33 heavy (non-hydrogen) atoms. The standard InChI is InChI=1S/C25H21N3O4S/c1-14(2)32-16-11-9-15(10-12-16)21-20(22(29)19-8-5-13-33-19)23(30)24(31)28(21)25-26-17-6-3-4-7-18(17)27-25/h3-14,21,30H,1-2H3,(H,26,27). The molecule has 0 spiro atoms. The second-order valence-electron chi connectivity index (χ2n) is 7.96. The number of nitrogens with zero attached hydrogens (tertiary/aromatic N) is 2. The second-order valence-corrected chi connectivity index (χ2v) is 8.91. The number of aliphatic hydroxyl groups is 1. The van der Waals surface area contributed by atoms with Crippen LogP contribution in [0.1, 0.15) is 35.1 Å². The maximum atomic E-state index is 13.4. The number of para-hydroxylation sites is 2. The van der Waals surface area contributed by atoms with Crippen molar-refractivity contribution in [2.75, 3.05) is 4.90 Å². The number of anilines is 1. The summed E-state index contributed by atoms with van der Waals surface area (Å²) in [5, 5.41) is 12.6. The predicted molar refractivity (Wildman–Crippen MR) is 127 cm³/mol. The molecule has 1 atom stereocenters. The Morgan fingerprint density at radius 1 is 1.12 bits per heavy atom. The van der Waals surface area contributed by atoms with Gasteiger partial charge in [-0.1, -0.05) is 30.3 Å². The lowest BCUT2D eigenvalue weighted by Gasteiger charge is -2.24. The molecule has 1 aliphatic rings. The van der Waals surface area contributed by atoms with Crippen molar-refractivity contribution in [3.8, 4) is 5.75 Å². The molecule has 7 nitrogen and oxygen atoms in total. The molecule has 0 fully saturated rings. The first kappa shape index (κ1) is 21.0. The zero-order valence-electron chi connectivity index (χ0n) is 18.0. The molecule has 1 unspecified atom stereocenters. The van der Waals surface area contributed by atoms with Crippen LogP contribution in [0.3, 0.4) is 0 Å². The van der Waals surface area contributed by atoms with E-state index in [2.05, 4.69) is 9.97 Å². The lowest BCUT2D eigenvalue weighted by atomic mass is 9.95. The van der Waals surface area contributed by atoms with Gasteiger partial charge >= 0.3 is 0 Å². The zero-order chi connectivity index (χ0) is 23.1. The van der Waals surface area contributed by atoms with Gasteiger partial charge in [0.15, 0.2) is 5.76 Å². The van der Waals surface area contributed by atoms with E-state index in [1.54, 1.807) is 41.8 Å². The molecule has 1 aliphatic heterocycles. The summed E-state index contributed by atoms with van der Waals surface area (Å²) in [6, 6.07) is 17.2. The number of H-pyrrole nitrogens is 1. The number of ether oxygens (including phenoxy) is 1. The van der Waals surface area contributed by atoms with Crippen molar-refractivity contribution in [2.45, 2.75) is 26.0 Å². The summed E-state index contributed by atoms with van der Waals surface area (Å²) in [5.41, 5.74) is 2.11. The molecule has 5 rings (SSSR count). The third kappa shape index (κ3) is 3.68. The number of imidazole rings is 1. The molecular formula is C25H21N3O4S. The van der Waals surface area contributed by atoms with Crippen molar-refractivity contribution < 1.29 is 19.4 Å². The molecule has 0 radical (unpaired) electrons. The molecule has 0 saturated carbocycles. The number of hydrogen-bond acceptors (Lipinski definition) is 6. The van der Waals surface area contributed by atoms with E-state index in [0.29, 0.717) is 21.7 Å². The van der Waals surface area contributed by atoms with Gasteiger partial charge in [0.2, 0.25) is 11.7 Å². The highest BCUT2D eigenvalue weighted by atomic mass is 32.1. The van der Waals surface area contributed by atoms with Gasteiger partial charge in [0.1, 0.15) is 5.75 Å². The van der Waals surface area contributed by atoms with Crippen LogP contribution in [0, 0.1) is 0 Å². The van der Waals surface area contributed by atoms with Crippen molar-refractivity contribution in [1.29, 1.82) is 0 Å². The molecule has 0 saturated heterocycles. The Bertz CT molecular complexity index is 1340. The first-order valence-corrected chi connectivity index (χ1v) is 11.4. The van der Waals surface area contributed by atoms with Crippen LogP contribution in [0.5, 0.6) is 5.75 Å². The SMILES string of the molecule is CC(C)Oc1ccc(C2C(C(=O)c3cccs3)=C(O)C(=O)N2c2nc3ccccc3[nH]2)cc1. The molecular weight excluding hydrogens is 438 g/mol. The average Bonchev–Trinajstić information content (AvgIpc) is 3.52. The van der Waals surface area contributed by atoms with Gasteiger partial charge in [0.25, 0.3) is 5.91 Å². The number of amides is 1. The summed E-state index contributed by atoms with van der Waals surface area (Å²) >= 11 is 1.26. The molecule has 2 aromatic carbocycles. The van der Waals surface area contributed by atoms with Gasteiger partial charge in [-0.25, -0.2) is 4.98 Å². The van der Waals surface area contributed by atoms with Crippen molar-refractivity contribution in [1.82, 2.24) is 9.97 Å². The fourth-order valence-electron chi connectivity index (χ4n) is 3.97. The minimum absolute atomic E-state index is 0.0101. The Labute approximate surface area is 194 Å². The lowest BCUT2D eigenvalue weighted by molar-refractivity contribution is -0.117. The highest BCUT2D eigenvalue weighted by Gasteiger charge is 2.46. The number of Topliss-reactive ketones (excluding diaryl/α,β-unsaturated/α-hetero) is 1. The quantitative estimate of drug-likeness (QED) is 0.387. The molecule has 0 aliphatic carbocycles. The molecule has 4 aromatic rings. The van der Waals surface area contributed by atoms with Gasteiger partial charge in [-0.3, -0.25) is 14.5 Å².